The van der Waals surface area contributed by atoms with E-state index in [0.29, 0.717) is 19.0 Å². The lowest BCUT2D eigenvalue weighted by Gasteiger charge is -2.08. The molecule has 3 N–H and O–H groups in total. The van der Waals surface area contributed by atoms with Crippen LogP contribution in [0.15, 0.2) is 23.1 Å². The molecule has 0 atom stereocenters. The molecule has 1 rings (SSSR count). The number of amides is 1. The van der Waals surface area contributed by atoms with Crippen molar-refractivity contribution in [3.63, 3.8) is 0 Å². The van der Waals surface area contributed by atoms with Gasteiger partial charge >= 0.3 is 5.97 Å². The number of nitrogens with one attached hydrogen (secondary N) is 2. The third kappa shape index (κ3) is 4.80. The lowest BCUT2D eigenvalue weighted by Crippen LogP contribution is -2.37. The Balaban J connectivity index is 2.86. The van der Waals surface area contributed by atoms with E-state index in [1.807, 2.05) is 11.6 Å². The van der Waals surface area contributed by atoms with Gasteiger partial charge in [0, 0.05) is 6.54 Å². The third-order valence-corrected chi connectivity index (χ3v) is 3.87. The van der Waals surface area contributed by atoms with Gasteiger partial charge in [0.15, 0.2) is 0 Å². The average molecular weight is 318 g/mol. The van der Waals surface area contributed by atoms with Gasteiger partial charge in [-0.3, -0.25) is 4.79 Å². The van der Waals surface area contributed by atoms with E-state index in [1.165, 1.54) is 0 Å². The second kappa shape index (κ2) is 7.14. The monoisotopic (exact) mass is 318 g/mol. The van der Waals surface area contributed by atoms with Crippen LogP contribution in [-0.2, 0) is 14.8 Å². The van der Waals surface area contributed by atoms with Gasteiger partial charge in [-0.05, 0) is 24.6 Å². The number of carboxylic acid groups (broad SMARTS) is 1. The predicted molar refractivity (Wildman–Crippen MR) is 71.8 cm³/mol. The first kappa shape index (κ1) is 17.1. The van der Waals surface area contributed by atoms with Crippen molar-refractivity contribution in [3.8, 4) is 0 Å². The molecule has 0 fully saturated rings. The predicted octanol–water partition coefficient (Wildman–Crippen LogP) is 0.328. The molecule has 0 aliphatic rings. The second-order valence-electron chi connectivity index (χ2n) is 4.12. The summed E-state index contributed by atoms with van der Waals surface area (Å²) in [5, 5.41) is 11.2. The van der Waals surface area contributed by atoms with E-state index in [-0.39, 0.29) is 0 Å². The molecular formula is C12H15FN2O5S. The van der Waals surface area contributed by atoms with Gasteiger partial charge in [0.05, 0.1) is 17.0 Å². The number of halogens is 1. The van der Waals surface area contributed by atoms with Crippen molar-refractivity contribution in [2.24, 2.45) is 0 Å². The molecule has 0 aliphatic carbocycles. The fourth-order valence-corrected chi connectivity index (χ4v) is 2.41. The minimum absolute atomic E-state index is 0.417. The minimum atomic E-state index is -4.09. The van der Waals surface area contributed by atoms with E-state index < -0.39 is 44.7 Å². The van der Waals surface area contributed by atoms with E-state index >= 15 is 0 Å². The van der Waals surface area contributed by atoms with Crippen LogP contribution < -0.4 is 10.0 Å². The molecule has 0 saturated carbocycles. The largest absolute Gasteiger partial charge is 0.478 e. The summed E-state index contributed by atoms with van der Waals surface area (Å²) in [6.07, 6.45) is 0.707. The summed E-state index contributed by atoms with van der Waals surface area (Å²) in [7, 11) is -4.09. The first-order chi connectivity index (χ1) is 9.77. The van der Waals surface area contributed by atoms with Gasteiger partial charge in [0.1, 0.15) is 5.82 Å². The number of carboxylic acids is 1. The summed E-state index contributed by atoms with van der Waals surface area (Å²) < 4.78 is 39.0. The lowest BCUT2D eigenvalue weighted by molar-refractivity contribution is -0.119. The first-order valence-electron chi connectivity index (χ1n) is 6.07. The Morgan fingerprint density at radius 3 is 2.57 bits per heavy atom. The van der Waals surface area contributed by atoms with Crippen molar-refractivity contribution in [2.75, 3.05) is 13.1 Å². The maximum absolute atomic E-state index is 13.2. The van der Waals surface area contributed by atoms with Gasteiger partial charge in [0.25, 0.3) is 0 Å². The number of sulfonamides is 1. The highest BCUT2D eigenvalue weighted by atomic mass is 32.2. The molecule has 116 valence electrons. The molecule has 0 spiro atoms. The molecule has 21 heavy (non-hydrogen) atoms. The fraction of sp³-hybridized carbons (Fsp3) is 0.333. The molecule has 7 nitrogen and oxygen atoms in total. The quantitative estimate of drug-likeness (QED) is 0.670. The molecule has 0 saturated heterocycles. The molecule has 0 heterocycles. The Labute approximate surface area is 121 Å². The third-order valence-electron chi connectivity index (χ3n) is 2.47. The van der Waals surface area contributed by atoms with E-state index in [2.05, 4.69) is 5.32 Å². The summed E-state index contributed by atoms with van der Waals surface area (Å²) in [5.74, 6) is -3.13. The van der Waals surface area contributed by atoms with Gasteiger partial charge in [-0.15, -0.1) is 0 Å². The van der Waals surface area contributed by atoms with Crippen LogP contribution in [-0.4, -0.2) is 38.5 Å². The minimum Gasteiger partial charge on any atom is -0.478 e. The zero-order valence-electron chi connectivity index (χ0n) is 11.2. The average Bonchev–Trinajstić information content (AvgIpc) is 2.42. The zero-order chi connectivity index (χ0) is 16.0. The molecule has 0 aliphatic heterocycles. The highest BCUT2D eigenvalue weighted by molar-refractivity contribution is 7.89. The molecule has 1 aromatic carbocycles. The van der Waals surface area contributed by atoms with Crippen molar-refractivity contribution < 1.29 is 27.5 Å². The van der Waals surface area contributed by atoms with E-state index in [9.17, 15) is 22.4 Å². The highest BCUT2D eigenvalue weighted by Gasteiger charge is 2.19. The molecular weight excluding hydrogens is 303 g/mol. The smallest absolute Gasteiger partial charge is 0.338 e. The number of rotatable bonds is 7. The normalized spacial score (nSPS) is 11.1. The van der Waals surface area contributed by atoms with Gasteiger partial charge in [-0.1, -0.05) is 6.92 Å². The molecule has 1 amide bonds. The van der Waals surface area contributed by atoms with E-state index in [1.54, 1.807) is 0 Å². The van der Waals surface area contributed by atoms with Crippen LogP contribution in [0, 0.1) is 5.82 Å². The molecule has 9 heteroatoms. The molecule has 1 aromatic rings. The van der Waals surface area contributed by atoms with Gasteiger partial charge < -0.3 is 10.4 Å². The number of hydrogen-bond donors (Lipinski definition) is 3. The van der Waals surface area contributed by atoms with Crippen LogP contribution in [0.5, 0.6) is 0 Å². The lowest BCUT2D eigenvalue weighted by atomic mass is 10.2. The van der Waals surface area contributed by atoms with Crippen LogP contribution in [0.25, 0.3) is 0 Å². The fourth-order valence-electron chi connectivity index (χ4n) is 1.41. The van der Waals surface area contributed by atoms with E-state index in [4.69, 9.17) is 5.11 Å². The van der Waals surface area contributed by atoms with Crippen LogP contribution in [0.3, 0.4) is 0 Å². The number of aromatic carboxylic acids is 1. The van der Waals surface area contributed by atoms with Crippen LogP contribution >= 0.6 is 0 Å². The van der Waals surface area contributed by atoms with Crippen molar-refractivity contribution >= 4 is 21.9 Å². The Morgan fingerprint density at radius 1 is 1.33 bits per heavy atom. The van der Waals surface area contributed by atoms with E-state index in [0.717, 1.165) is 12.1 Å². The molecule has 0 unspecified atom stereocenters. The van der Waals surface area contributed by atoms with Crippen molar-refractivity contribution in [3.05, 3.63) is 29.6 Å². The van der Waals surface area contributed by atoms with Crippen molar-refractivity contribution in [2.45, 2.75) is 18.2 Å². The Morgan fingerprint density at radius 2 is 2.00 bits per heavy atom. The number of hydrogen-bond acceptors (Lipinski definition) is 4. The maximum atomic E-state index is 13.2. The first-order valence-corrected chi connectivity index (χ1v) is 7.55. The molecule has 0 aromatic heterocycles. The van der Waals surface area contributed by atoms with Crippen LogP contribution in [0.2, 0.25) is 0 Å². The van der Waals surface area contributed by atoms with Gasteiger partial charge in [-0.25, -0.2) is 22.3 Å². The summed E-state index contributed by atoms with van der Waals surface area (Å²) in [5.41, 5.74) is -0.756. The van der Waals surface area contributed by atoms with Crippen molar-refractivity contribution in [1.82, 2.24) is 10.0 Å². The zero-order valence-corrected chi connectivity index (χ0v) is 12.0. The highest BCUT2D eigenvalue weighted by Crippen LogP contribution is 2.15. The number of carbonyl (C=O) groups excluding carboxylic acids is 1. The molecule has 0 bridgehead atoms. The summed E-state index contributed by atoms with van der Waals surface area (Å²) in [6.45, 7) is 1.78. The summed E-state index contributed by atoms with van der Waals surface area (Å²) >= 11 is 0. The van der Waals surface area contributed by atoms with Gasteiger partial charge in [0.2, 0.25) is 15.9 Å². The van der Waals surface area contributed by atoms with Gasteiger partial charge in [-0.2, -0.15) is 0 Å². The maximum Gasteiger partial charge on any atom is 0.338 e. The van der Waals surface area contributed by atoms with Crippen LogP contribution in [0.4, 0.5) is 4.39 Å². The number of benzene rings is 1. The number of carbonyl (C=O) groups is 2. The Hall–Kier alpha value is -2.00. The standard InChI is InChI=1S/C12H15FN2O5S/c1-2-5-14-11(16)7-15-21(19,20)8-3-4-10(13)9(6-8)12(17)18/h3-4,6,15H,2,5,7H2,1H3,(H,14,16)(H,17,18). The summed E-state index contributed by atoms with van der Waals surface area (Å²) in [4.78, 5) is 21.7. The Bertz CT molecular complexity index is 645. The second-order valence-corrected chi connectivity index (χ2v) is 5.89. The Kier molecular flexibility index (Phi) is 5.79. The topological polar surface area (TPSA) is 113 Å². The summed E-state index contributed by atoms with van der Waals surface area (Å²) in [6, 6.07) is 2.37. The van der Waals surface area contributed by atoms with Crippen molar-refractivity contribution in [1.29, 1.82) is 0 Å². The SMILES string of the molecule is CCCNC(=O)CNS(=O)(=O)c1ccc(F)c(C(=O)O)c1. The molecule has 0 radical (unpaired) electrons. The van der Waals surface area contributed by atoms with Crippen LogP contribution in [0.1, 0.15) is 23.7 Å².